The van der Waals surface area contributed by atoms with Crippen molar-refractivity contribution in [2.24, 2.45) is 16.6 Å². The molecule has 2 fully saturated rings. The summed E-state index contributed by atoms with van der Waals surface area (Å²) in [6.45, 7) is 0.785. The van der Waals surface area contributed by atoms with Crippen LogP contribution in [0, 0.1) is 5.92 Å². The molecule has 0 aromatic heterocycles. The topological polar surface area (TPSA) is 96.6 Å². The first-order valence-corrected chi connectivity index (χ1v) is 10.2. The molecule has 2 rings (SSSR count). The molecular weight excluding hydrogens is 300 g/mol. The van der Waals surface area contributed by atoms with Gasteiger partial charge in [0.05, 0.1) is 12.3 Å². The fourth-order valence-electron chi connectivity index (χ4n) is 2.98. The lowest BCUT2D eigenvalue weighted by Crippen LogP contribution is -2.40. The van der Waals surface area contributed by atoms with E-state index >= 15 is 0 Å². The Morgan fingerprint density at radius 1 is 1.05 bits per heavy atom. The summed E-state index contributed by atoms with van der Waals surface area (Å²) in [7, 11) is -3.23. The van der Waals surface area contributed by atoms with Crippen LogP contribution >= 0.6 is 0 Å². The predicted molar refractivity (Wildman–Crippen MR) is 90.2 cm³/mol. The highest BCUT2D eigenvalue weighted by Crippen LogP contribution is 2.25. The van der Waals surface area contributed by atoms with Gasteiger partial charge in [-0.1, -0.05) is 32.1 Å². The normalized spacial score (nSPS) is 22.1. The molecule has 0 aromatic rings. The van der Waals surface area contributed by atoms with Crippen LogP contribution < -0.4 is 15.8 Å². The van der Waals surface area contributed by atoms with Crippen LogP contribution in [-0.4, -0.2) is 39.3 Å². The molecule has 7 heteroatoms. The highest BCUT2D eigenvalue weighted by Gasteiger charge is 2.20. The van der Waals surface area contributed by atoms with Gasteiger partial charge >= 0.3 is 0 Å². The Hall–Kier alpha value is -0.820. The summed E-state index contributed by atoms with van der Waals surface area (Å²) < 4.78 is 26.4. The number of guanidine groups is 1. The van der Waals surface area contributed by atoms with Crippen LogP contribution in [0.2, 0.25) is 0 Å². The molecule has 0 bridgehead atoms. The summed E-state index contributed by atoms with van der Waals surface area (Å²) in [5.74, 6) is 0.911. The lowest BCUT2D eigenvalue weighted by atomic mass is 9.86. The zero-order chi connectivity index (χ0) is 15.8. The van der Waals surface area contributed by atoms with E-state index in [0.29, 0.717) is 24.5 Å². The van der Waals surface area contributed by atoms with Crippen LogP contribution in [-0.2, 0) is 10.0 Å². The van der Waals surface area contributed by atoms with Crippen molar-refractivity contribution in [3.8, 4) is 0 Å². The van der Waals surface area contributed by atoms with E-state index in [1.54, 1.807) is 0 Å². The lowest BCUT2D eigenvalue weighted by Gasteiger charge is -2.25. The Kier molecular flexibility index (Phi) is 6.95. The number of nitrogens with two attached hydrogens (primary N) is 1. The molecular formula is C15H30N4O2S. The molecule has 0 spiro atoms. The van der Waals surface area contributed by atoms with Crippen molar-refractivity contribution in [2.45, 2.75) is 63.8 Å². The fraction of sp³-hybridized carbons (Fsp3) is 0.933. The molecule has 22 heavy (non-hydrogen) atoms. The molecule has 0 amide bonds. The first kappa shape index (κ1) is 17.5. The second kappa shape index (κ2) is 8.72. The summed E-state index contributed by atoms with van der Waals surface area (Å²) in [5, 5.41) is 3.23. The Morgan fingerprint density at radius 3 is 2.32 bits per heavy atom. The minimum atomic E-state index is -3.23. The molecule has 0 unspecified atom stereocenters. The number of nitrogens with zero attached hydrogens (tertiary/aromatic N) is 1. The Balaban J connectivity index is 1.65. The molecule has 0 atom stereocenters. The number of rotatable bonds is 7. The molecule has 0 aromatic carbocycles. The Bertz CT molecular complexity index is 452. The van der Waals surface area contributed by atoms with Crippen LogP contribution in [0.4, 0.5) is 0 Å². The van der Waals surface area contributed by atoms with E-state index in [2.05, 4.69) is 15.0 Å². The van der Waals surface area contributed by atoms with E-state index in [-0.39, 0.29) is 12.3 Å². The van der Waals surface area contributed by atoms with E-state index in [1.165, 1.54) is 32.1 Å². The van der Waals surface area contributed by atoms with Crippen molar-refractivity contribution in [3.05, 3.63) is 0 Å². The van der Waals surface area contributed by atoms with Gasteiger partial charge in [0.15, 0.2) is 5.96 Å². The number of aliphatic imine (C=N–C) groups is 1. The average molecular weight is 330 g/mol. The second-order valence-electron chi connectivity index (χ2n) is 6.56. The van der Waals surface area contributed by atoms with Gasteiger partial charge < -0.3 is 11.1 Å². The molecule has 2 saturated carbocycles. The van der Waals surface area contributed by atoms with Gasteiger partial charge in [0.1, 0.15) is 0 Å². The first-order chi connectivity index (χ1) is 10.6. The van der Waals surface area contributed by atoms with Gasteiger partial charge in [0.2, 0.25) is 10.0 Å². The zero-order valence-electron chi connectivity index (χ0n) is 13.4. The summed E-state index contributed by atoms with van der Waals surface area (Å²) in [6, 6.07) is 0.389. The third kappa shape index (κ3) is 6.52. The molecule has 128 valence electrons. The predicted octanol–water partition coefficient (Wildman–Crippen LogP) is 1.33. The minimum Gasteiger partial charge on any atom is -0.370 e. The van der Waals surface area contributed by atoms with Crippen LogP contribution in [0.3, 0.4) is 0 Å². The van der Waals surface area contributed by atoms with Crippen LogP contribution in [0.15, 0.2) is 4.99 Å². The van der Waals surface area contributed by atoms with E-state index in [9.17, 15) is 8.42 Å². The maximum absolute atomic E-state index is 11.9. The molecule has 0 aliphatic heterocycles. The van der Waals surface area contributed by atoms with Crippen LogP contribution in [0.1, 0.15) is 57.8 Å². The van der Waals surface area contributed by atoms with Gasteiger partial charge in [0, 0.05) is 12.6 Å². The summed E-state index contributed by atoms with van der Waals surface area (Å²) in [6.07, 6.45) is 10.8. The van der Waals surface area contributed by atoms with Gasteiger partial charge in [-0.15, -0.1) is 0 Å². The van der Waals surface area contributed by atoms with Gasteiger partial charge in [-0.25, -0.2) is 13.1 Å². The van der Waals surface area contributed by atoms with Gasteiger partial charge in [-0.05, 0) is 31.6 Å². The molecule has 6 nitrogen and oxygen atoms in total. The number of nitrogens with one attached hydrogen (secondary N) is 2. The Morgan fingerprint density at radius 2 is 1.73 bits per heavy atom. The third-order valence-corrected chi connectivity index (χ3v) is 5.99. The van der Waals surface area contributed by atoms with E-state index in [0.717, 1.165) is 25.7 Å². The monoisotopic (exact) mass is 330 g/mol. The van der Waals surface area contributed by atoms with Crippen molar-refractivity contribution in [1.29, 1.82) is 0 Å². The molecule has 2 aliphatic carbocycles. The van der Waals surface area contributed by atoms with Crippen molar-refractivity contribution in [1.82, 2.24) is 10.0 Å². The smallest absolute Gasteiger partial charge is 0.213 e. The quantitative estimate of drug-likeness (QED) is 0.373. The van der Waals surface area contributed by atoms with Crippen molar-refractivity contribution in [3.63, 3.8) is 0 Å². The SMILES string of the molecule is NC(=NCCS(=O)(=O)NCC1CCC1)NC1CCCCCC1. The zero-order valence-corrected chi connectivity index (χ0v) is 14.2. The first-order valence-electron chi connectivity index (χ1n) is 8.59. The molecule has 4 N–H and O–H groups in total. The number of hydrogen-bond donors (Lipinski definition) is 3. The highest BCUT2D eigenvalue weighted by atomic mass is 32.2. The highest BCUT2D eigenvalue weighted by molar-refractivity contribution is 7.89. The average Bonchev–Trinajstić information content (AvgIpc) is 2.65. The third-order valence-electron chi connectivity index (χ3n) is 4.67. The summed E-state index contributed by atoms with van der Waals surface area (Å²) >= 11 is 0. The van der Waals surface area contributed by atoms with Crippen LogP contribution in [0.5, 0.6) is 0 Å². The second-order valence-corrected chi connectivity index (χ2v) is 8.49. The minimum absolute atomic E-state index is 0.00671. The lowest BCUT2D eigenvalue weighted by molar-refractivity contribution is 0.316. The molecule has 0 heterocycles. The van der Waals surface area contributed by atoms with Crippen molar-refractivity contribution in [2.75, 3.05) is 18.8 Å². The molecule has 0 radical (unpaired) electrons. The van der Waals surface area contributed by atoms with Gasteiger partial charge in [-0.3, -0.25) is 4.99 Å². The number of hydrogen-bond acceptors (Lipinski definition) is 3. The largest absolute Gasteiger partial charge is 0.370 e. The standard InChI is InChI=1S/C15H30N4O2S/c16-15(19-14-8-3-1-2-4-9-14)17-10-11-22(20,21)18-12-13-6-5-7-13/h13-14,18H,1-12H2,(H3,16,17,19). The van der Waals surface area contributed by atoms with Crippen molar-refractivity contribution < 1.29 is 8.42 Å². The van der Waals surface area contributed by atoms with E-state index in [1.807, 2.05) is 0 Å². The van der Waals surface area contributed by atoms with E-state index < -0.39 is 10.0 Å². The van der Waals surface area contributed by atoms with Crippen LogP contribution in [0.25, 0.3) is 0 Å². The molecule has 2 aliphatic rings. The van der Waals surface area contributed by atoms with Gasteiger partial charge in [0.25, 0.3) is 0 Å². The van der Waals surface area contributed by atoms with Gasteiger partial charge in [-0.2, -0.15) is 0 Å². The number of sulfonamides is 1. The summed E-state index contributed by atoms with van der Waals surface area (Å²) in [5.41, 5.74) is 5.86. The summed E-state index contributed by atoms with van der Waals surface area (Å²) in [4.78, 5) is 4.16. The van der Waals surface area contributed by atoms with E-state index in [4.69, 9.17) is 5.73 Å². The fourth-order valence-corrected chi connectivity index (χ4v) is 3.94. The maximum Gasteiger partial charge on any atom is 0.213 e. The maximum atomic E-state index is 11.9. The molecule has 0 saturated heterocycles. The van der Waals surface area contributed by atoms with Crippen molar-refractivity contribution >= 4 is 16.0 Å². The Labute approximate surface area is 134 Å².